The first-order chi connectivity index (χ1) is 8.20. The fourth-order valence-electron chi connectivity index (χ4n) is 1.78. The zero-order valence-corrected chi connectivity index (χ0v) is 9.66. The van der Waals surface area contributed by atoms with Crippen molar-refractivity contribution in [2.75, 3.05) is 18.5 Å². The number of unbranched alkanes of at least 4 members (excludes halogenated alkanes) is 1. The van der Waals surface area contributed by atoms with Crippen molar-refractivity contribution in [2.45, 2.75) is 12.8 Å². The molecule has 1 aromatic heterocycles. The van der Waals surface area contributed by atoms with Crippen LogP contribution < -0.4 is 10.6 Å². The van der Waals surface area contributed by atoms with Crippen LogP contribution in [0.25, 0.3) is 11.0 Å². The molecule has 0 aliphatic carbocycles. The van der Waals surface area contributed by atoms with E-state index in [9.17, 15) is 4.79 Å². The Morgan fingerprint density at radius 3 is 2.88 bits per heavy atom. The first-order valence-electron chi connectivity index (χ1n) is 5.51. The van der Waals surface area contributed by atoms with E-state index in [1.165, 1.54) is 0 Å². The van der Waals surface area contributed by atoms with E-state index in [0.29, 0.717) is 6.42 Å². The molecule has 17 heavy (non-hydrogen) atoms. The molecule has 2 N–H and O–H groups in total. The second-order valence-corrected chi connectivity index (χ2v) is 3.99. The molecule has 5 heteroatoms. The minimum absolute atomic E-state index is 0.190. The van der Waals surface area contributed by atoms with E-state index < -0.39 is 0 Å². The van der Waals surface area contributed by atoms with Crippen LogP contribution in [-0.4, -0.2) is 23.6 Å². The van der Waals surface area contributed by atoms with Gasteiger partial charge in [-0.2, -0.15) is 5.26 Å². The van der Waals surface area contributed by atoms with Gasteiger partial charge in [0, 0.05) is 25.7 Å². The van der Waals surface area contributed by atoms with Crippen LogP contribution in [-0.2, 0) is 0 Å². The summed E-state index contributed by atoms with van der Waals surface area (Å²) in [5, 5.41) is 8.48. The van der Waals surface area contributed by atoms with E-state index in [1.54, 1.807) is 0 Å². The van der Waals surface area contributed by atoms with Gasteiger partial charge in [0.1, 0.15) is 0 Å². The Morgan fingerprint density at radius 1 is 1.35 bits per heavy atom. The molecule has 0 fully saturated rings. The molecular formula is C12H14N4O. The highest BCUT2D eigenvalue weighted by molar-refractivity contribution is 5.78. The molecule has 1 heterocycles. The first-order valence-corrected chi connectivity index (χ1v) is 5.51. The fraction of sp³-hybridized carbons (Fsp3) is 0.333. The Kier molecular flexibility index (Phi) is 3.15. The summed E-state index contributed by atoms with van der Waals surface area (Å²) in [5.41, 5.74) is 2.46. The minimum atomic E-state index is -0.190. The Labute approximate surface area is 98.7 Å². The highest BCUT2D eigenvalue weighted by Crippen LogP contribution is 2.18. The van der Waals surface area contributed by atoms with E-state index in [2.05, 4.69) is 20.9 Å². The number of nitriles is 1. The zero-order chi connectivity index (χ0) is 12.3. The van der Waals surface area contributed by atoms with Gasteiger partial charge in [0.25, 0.3) is 0 Å². The molecule has 0 saturated heterocycles. The van der Waals surface area contributed by atoms with E-state index in [-0.39, 0.29) is 5.69 Å². The van der Waals surface area contributed by atoms with Crippen LogP contribution in [0.1, 0.15) is 12.8 Å². The highest BCUT2D eigenvalue weighted by atomic mass is 16.1. The number of H-pyrrole nitrogens is 2. The van der Waals surface area contributed by atoms with Gasteiger partial charge < -0.3 is 14.9 Å². The fourth-order valence-corrected chi connectivity index (χ4v) is 1.78. The number of hydrogen-bond donors (Lipinski definition) is 2. The van der Waals surface area contributed by atoms with Crippen LogP contribution in [0.5, 0.6) is 0 Å². The van der Waals surface area contributed by atoms with Crippen LogP contribution in [0.15, 0.2) is 23.0 Å². The molecular weight excluding hydrogens is 216 g/mol. The van der Waals surface area contributed by atoms with Crippen molar-refractivity contribution in [3.05, 3.63) is 28.7 Å². The largest absolute Gasteiger partial charge is 0.374 e. The third-order valence-electron chi connectivity index (χ3n) is 2.72. The first kappa shape index (κ1) is 11.3. The average Bonchev–Trinajstić information content (AvgIpc) is 2.68. The summed E-state index contributed by atoms with van der Waals surface area (Å²) in [6.07, 6.45) is 1.41. The average molecular weight is 230 g/mol. The number of hydrogen-bond acceptors (Lipinski definition) is 3. The molecule has 2 aromatic rings. The minimum Gasteiger partial charge on any atom is -0.374 e. The summed E-state index contributed by atoms with van der Waals surface area (Å²) >= 11 is 0. The van der Waals surface area contributed by atoms with Crippen LogP contribution >= 0.6 is 0 Å². The number of nitrogens with zero attached hydrogens (tertiary/aromatic N) is 2. The van der Waals surface area contributed by atoms with Gasteiger partial charge in [-0.15, -0.1) is 0 Å². The maximum Gasteiger partial charge on any atom is 0.323 e. The van der Waals surface area contributed by atoms with Gasteiger partial charge in [-0.3, -0.25) is 0 Å². The molecule has 0 aliphatic heterocycles. The van der Waals surface area contributed by atoms with Crippen molar-refractivity contribution < 1.29 is 0 Å². The van der Waals surface area contributed by atoms with Crippen molar-refractivity contribution in [3.63, 3.8) is 0 Å². The molecule has 0 saturated carbocycles. The Morgan fingerprint density at radius 2 is 2.12 bits per heavy atom. The quantitative estimate of drug-likeness (QED) is 0.783. The van der Waals surface area contributed by atoms with Crippen molar-refractivity contribution in [3.8, 4) is 6.07 Å². The Bertz CT molecular complexity index is 605. The van der Waals surface area contributed by atoms with Crippen LogP contribution in [0.2, 0.25) is 0 Å². The van der Waals surface area contributed by atoms with Crippen LogP contribution in [0, 0.1) is 11.3 Å². The lowest BCUT2D eigenvalue weighted by Crippen LogP contribution is -2.18. The van der Waals surface area contributed by atoms with Gasteiger partial charge in [0.2, 0.25) is 0 Å². The van der Waals surface area contributed by atoms with Gasteiger partial charge in [0.15, 0.2) is 0 Å². The van der Waals surface area contributed by atoms with Crippen molar-refractivity contribution in [2.24, 2.45) is 0 Å². The van der Waals surface area contributed by atoms with E-state index in [0.717, 1.165) is 29.7 Å². The predicted molar refractivity (Wildman–Crippen MR) is 67.0 cm³/mol. The molecule has 0 unspecified atom stereocenters. The number of rotatable bonds is 4. The molecule has 0 amide bonds. The molecule has 88 valence electrons. The molecule has 0 aliphatic rings. The predicted octanol–water partition coefficient (Wildman–Crippen LogP) is 1.60. The number of anilines is 1. The lowest BCUT2D eigenvalue weighted by Gasteiger charge is -2.18. The Hall–Kier alpha value is -2.22. The summed E-state index contributed by atoms with van der Waals surface area (Å²) in [5.74, 6) is 0. The smallest absolute Gasteiger partial charge is 0.323 e. The molecule has 0 bridgehead atoms. The van der Waals surface area contributed by atoms with Crippen LogP contribution in [0.4, 0.5) is 5.69 Å². The summed E-state index contributed by atoms with van der Waals surface area (Å²) < 4.78 is 0. The lowest BCUT2D eigenvalue weighted by molar-refractivity contribution is 0.807. The normalized spacial score (nSPS) is 10.4. The second-order valence-electron chi connectivity index (χ2n) is 3.99. The SMILES string of the molecule is CN(CCCC#N)c1ccc2[nH]c(=O)[nH]c2c1. The Balaban J connectivity index is 2.18. The summed E-state index contributed by atoms with van der Waals surface area (Å²) in [6, 6.07) is 7.89. The monoisotopic (exact) mass is 230 g/mol. The number of aromatic nitrogens is 2. The van der Waals surface area contributed by atoms with Crippen molar-refractivity contribution in [1.29, 1.82) is 5.26 Å². The van der Waals surface area contributed by atoms with Gasteiger partial charge >= 0.3 is 5.69 Å². The standard InChI is InChI=1S/C12H14N4O/c1-16(7-3-2-6-13)9-4-5-10-11(8-9)15-12(17)14-10/h4-5,8H,2-3,7H2,1H3,(H2,14,15,17). The van der Waals surface area contributed by atoms with Gasteiger partial charge in [0.05, 0.1) is 17.1 Å². The lowest BCUT2D eigenvalue weighted by atomic mass is 10.2. The molecule has 0 radical (unpaired) electrons. The summed E-state index contributed by atoms with van der Waals surface area (Å²) in [6.45, 7) is 0.827. The summed E-state index contributed by atoms with van der Waals surface area (Å²) in [4.78, 5) is 18.6. The molecule has 0 atom stereocenters. The topological polar surface area (TPSA) is 75.7 Å². The zero-order valence-electron chi connectivity index (χ0n) is 9.66. The van der Waals surface area contributed by atoms with E-state index in [1.807, 2.05) is 25.2 Å². The molecule has 5 nitrogen and oxygen atoms in total. The number of fused-ring (bicyclic) bond motifs is 1. The van der Waals surface area contributed by atoms with Gasteiger partial charge in [-0.25, -0.2) is 4.79 Å². The van der Waals surface area contributed by atoms with Crippen molar-refractivity contribution in [1.82, 2.24) is 9.97 Å². The second kappa shape index (κ2) is 4.74. The van der Waals surface area contributed by atoms with E-state index >= 15 is 0 Å². The van der Waals surface area contributed by atoms with Gasteiger partial charge in [-0.1, -0.05) is 0 Å². The number of imidazole rings is 1. The van der Waals surface area contributed by atoms with E-state index in [4.69, 9.17) is 5.26 Å². The highest BCUT2D eigenvalue weighted by Gasteiger charge is 2.03. The third kappa shape index (κ3) is 2.48. The molecule has 2 rings (SSSR count). The number of benzene rings is 1. The summed E-state index contributed by atoms with van der Waals surface area (Å²) in [7, 11) is 1.98. The number of aromatic amines is 2. The maximum atomic E-state index is 11.1. The molecule has 0 spiro atoms. The van der Waals surface area contributed by atoms with Crippen LogP contribution in [0.3, 0.4) is 0 Å². The maximum absolute atomic E-state index is 11.1. The molecule has 1 aromatic carbocycles. The van der Waals surface area contributed by atoms with Gasteiger partial charge in [-0.05, 0) is 24.6 Å². The third-order valence-corrected chi connectivity index (χ3v) is 2.72. The van der Waals surface area contributed by atoms with Crippen molar-refractivity contribution >= 4 is 16.7 Å². The number of nitrogens with one attached hydrogen (secondary N) is 2.